The number of benzene rings is 1. The maximum Gasteiger partial charge on any atom is 0.169 e. The average molecular weight is 351 g/mol. The molecule has 1 spiro atoms. The number of fused-ring (bicyclic) bond motifs is 1. The van der Waals surface area contributed by atoms with Crippen molar-refractivity contribution < 1.29 is 9.59 Å². The van der Waals surface area contributed by atoms with Gasteiger partial charge < -0.3 is 0 Å². The van der Waals surface area contributed by atoms with Gasteiger partial charge in [0.05, 0.1) is 0 Å². The van der Waals surface area contributed by atoms with Crippen LogP contribution < -0.4 is 0 Å². The van der Waals surface area contributed by atoms with Crippen molar-refractivity contribution in [2.75, 3.05) is 0 Å². The minimum Gasteiger partial charge on any atom is -0.300 e. The summed E-state index contributed by atoms with van der Waals surface area (Å²) in [4.78, 5) is 24.3. The van der Waals surface area contributed by atoms with Crippen LogP contribution in [0.2, 0.25) is 0 Å². The van der Waals surface area contributed by atoms with Gasteiger partial charge in [-0.1, -0.05) is 35.8 Å². The molecule has 0 saturated heterocycles. The predicted octanol–water partition coefficient (Wildman–Crippen LogP) is 5.12. The molecule has 0 amide bonds. The Labute approximate surface area is 135 Å². The Hall–Kier alpha value is -0.960. The maximum absolute atomic E-state index is 12.8. The summed E-state index contributed by atoms with van der Waals surface area (Å²) in [6, 6.07) is 6.03. The van der Waals surface area contributed by atoms with Gasteiger partial charge in [-0.05, 0) is 49.8 Å². The smallest absolute Gasteiger partial charge is 0.169 e. The Kier molecular flexibility index (Phi) is 5.37. The lowest BCUT2D eigenvalue weighted by Crippen LogP contribution is -2.29. The van der Waals surface area contributed by atoms with Crippen LogP contribution in [-0.2, 0) is 11.2 Å². The molecule has 0 aliphatic heterocycles. The molecule has 3 heteroatoms. The minimum absolute atomic E-state index is 0.218. The lowest BCUT2D eigenvalue weighted by Gasteiger charge is -2.29. The number of hydrogen-bond acceptors (Lipinski definition) is 2. The fraction of sp³-hybridized carbons (Fsp3) is 0.556. The molecule has 1 fully saturated rings. The number of carbonyl (C=O) groups is 2. The summed E-state index contributed by atoms with van der Waals surface area (Å²) in [5, 5.41) is 0. The molecule has 1 aromatic rings. The summed E-state index contributed by atoms with van der Waals surface area (Å²) in [5.41, 5.74) is 1.85. The van der Waals surface area contributed by atoms with Gasteiger partial charge in [0.2, 0.25) is 0 Å². The maximum atomic E-state index is 12.8. The van der Waals surface area contributed by atoms with Crippen molar-refractivity contribution in [1.82, 2.24) is 0 Å². The zero-order valence-electron chi connectivity index (χ0n) is 12.9. The number of halogens is 1. The van der Waals surface area contributed by atoms with E-state index < -0.39 is 0 Å². The number of Topliss-reactive ketones (excluding diaryl/α,β-unsaturated/α-hetero) is 2. The zero-order valence-corrected chi connectivity index (χ0v) is 14.5. The zero-order chi connectivity index (χ0) is 15.5. The van der Waals surface area contributed by atoms with Gasteiger partial charge in [-0.15, -0.1) is 0 Å². The highest BCUT2D eigenvalue weighted by Crippen LogP contribution is 2.45. The third-order valence-corrected chi connectivity index (χ3v) is 5.04. The van der Waals surface area contributed by atoms with Gasteiger partial charge in [0.25, 0.3) is 0 Å². The summed E-state index contributed by atoms with van der Waals surface area (Å²) in [7, 11) is 0. The van der Waals surface area contributed by atoms with Gasteiger partial charge >= 0.3 is 0 Å². The highest BCUT2D eigenvalue weighted by molar-refractivity contribution is 9.10. The Morgan fingerprint density at radius 1 is 1.05 bits per heavy atom. The van der Waals surface area contributed by atoms with Crippen molar-refractivity contribution in [3.05, 3.63) is 33.8 Å². The summed E-state index contributed by atoms with van der Waals surface area (Å²) in [5.74, 6) is 0.665. The highest BCUT2D eigenvalue weighted by atomic mass is 79.9. The van der Waals surface area contributed by atoms with Crippen LogP contribution in [0.15, 0.2) is 22.7 Å². The van der Waals surface area contributed by atoms with Crippen molar-refractivity contribution in [3.63, 3.8) is 0 Å². The standard InChI is InChI=1S/C16H17BrO2.C2H6/c17-12-6-5-11-10-16(15(19)14(11)9-12)7-1-3-13(18)4-2-8-16;1-2/h5-6,9H,1-4,7-8,10H2;1-2H3. The molecule has 2 aliphatic rings. The van der Waals surface area contributed by atoms with Crippen LogP contribution in [0.4, 0.5) is 0 Å². The first-order chi connectivity index (χ1) is 10.1. The van der Waals surface area contributed by atoms with Crippen molar-refractivity contribution in [3.8, 4) is 0 Å². The number of carbonyl (C=O) groups excluding carboxylic acids is 2. The van der Waals surface area contributed by atoms with Gasteiger partial charge in [-0.25, -0.2) is 0 Å². The SMILES string of the molecule is CC.O=C1CCCC2(CCC1)Cc1ccc(Br)cc1C2=O. The lowest BCUT2D eigenvalue weighted by molar-refractivity contribution is -0.119. The predicted molar refractivity (Wildman–Crippen MR) is 88.7 cm³/mol. The first-order valence-electron chi connectivity index (χ1n) is 7.96. The molecule has 3 rings (SSSR count). The van der Waals surface area contributed by atoms with E-state index in [9.17, 15) is 9.59 Å². The van der Waals surface area contributed by atoms with Crippen LogP contribution in [0.5, 0.6) is 0 Å². The van der Waals surface area contributed by atoms with Crippen LogP contribution in [0.25, 0.3) is 0 Å². The monoisotopic (exact) mass is 350 g/mol. The molecule has 2 aliphatic carbocycles. The first-order valence-corrected chi connectivity index (χ1v) is 8.75. The quantitative estimate of drug-likeness (QED) is 0.650. The minimum atomic E-state index is -0.218. The Morgan fingerprint density at radius 2 is 1.67 bits per heavy atom. The summed E-state index contributed by atoms with van der Waals surface area (Å²) in [6.45, 7) is 4.00. The van der Waals surface area contributed by atoms with Crippen molar-refractivity contribution >= 4 is 27.5 Å². The average Bonchev–Trinajstić information content (AvgIpc) is 2.73. The molecule has 114 valence electrons. The second kappa shape index (κ2) is 6.87. The fourth-order valence-corrected chi connectivity index (χ4v) is 3.91. The van der Waals surface area contributed by atoms with Gasteiger partial charge in [0, 0.05) is 28.3 Å². The van der Waals surface area contributed by atoms with E-state index in [4.69, 9.17) is 0 Å². The van der Waals surface area contributed by atoms with Crippen molar-refractivity contribution in [2.45, 2.75) is 58.8 Å². The van der Waals surface area contributed by atoms with Crippen LogP contribution in [0.1, 0.15) is 68.3 Å². The van der Waals surface area contributed by atoms with Crippen LogP contribution >= 0.6 is 15.9 Å². The molecule has 0 unspecified atom stereocenters. The van der Waals surface area contributed by atoms with E-state index in [1.807, 2.05) is 26.0 Å². The van der Waals surface area contributed by atoms with Crippen LogP contribution in [0.3, 0.4) is 0 Å². The normalized spacial score (nSPS) is 20.3. The molecule has 0 bridgehead atoms. The van der Waals surface area contributed by atoms with Crippen LogP contribution in [-0.4, -0.2) is 11.6 Å². The Morgan fingerprint density at radius 3 is 2.29 bits per heavy atom. The summed E-state index contributed by atoms with van der Waals surface area (Å²) in [6.07, 6.45) is 5.61. The molecular weight excluding hydrogens is 328 g/mol. The molecule has 1 aromatic carbocycles. The Bertz CT molecular complexity index is 536. The molecule has 2 nitrogen and oxygen atoms in total. The van der Waals surface area contributed by atoms with Crippen molar-refractivity contribution in [1.29, 1.82) is 0 Å². The molecule has 21 heavy (non-hydrogen) atoms. The number of ketones is 2. The van der Waals surface area contributed by atoms with E-state index in [0.29, 0.717) is 24.4 Å². The number of rotatable bonds is 0. The molecule has 0 aromatic heterocycles. The molecule has 0 N–H and O–H groups in total. The van der Waals surface area contributed by atoms with Crippen molar-refractivity contribution in [2.24, 2.45) is 5.41 Å². The summed E-state index contributed by atoms with van der Waals surface area (Å²) < 4.78 is 0.970. The fourth-order valence-electron chi connectivity index (χ4n) is 3.55. The van der Waals surface area contributed by atoms with Gasteiger partial charge in [-0.2, -0.15) is 0 Å². The largest absolute Gasteiger partial charge is 0.300 e. The van der Waals surface area contributed by atoms with Gasteiger partial charge in [-0.3, -0.25) is 9.59 Å². The van der Waals surface area contributed by atoms with E-state index >= 15 is 0 Å². The second-order valence-corrected chi connectivity index (χ2v) is 6.75. The Balaban J connectivity index is 0.000000774. The molecule has 1 saturated carbocycles. The molecular formula is C18H23BrO2. The second-order valence-electron chi connectivity index (χ2n) is 5.83. The van der Waals surface area contributed by atoms with E-state index in [2.05, 4.69) is 22.0 Å². The first kappa shape index (κ1) is 16.4. The number of hydrogen-bond donors (Lipinski definition) is 0. The van der Waals surface area contributed by atoms with E-state index in [1.165, 1.54) is 5.56 Å². The molecule has 0 radical (unpaired) electrons. The topological polar surface area (TPSA) is 34.1 Å². The molecule has 0 heterocycles. The lowest BCUT2D eigenvalue weighted by atomic mass is 9.73. The highest BCUT2D eigenvalue weighted by Gasteiger charge is 2.44. The van der Waals surface area contributed by atoms with E-state index in [0.717, 1.165) is 42.1 Å². The summed E-state index contributed by atoms with van der Waals surface area (Å²) >= 11 is 3.44. The third-order valence-electron chi connectivity index (χ3n) is 4.55. The molecule has 0 atom stereocenters. The van der Waals surface area contributed by atoms with Crippen LogP contribution in [0, 0.1) is 5.41 Å². The van der Waals surface area contributed by atoms with Gasteiger partial charge in [0.15, 0.2) is 5.78 Å². The third kappa shape index (κ3) is 3.28. The van der Waals surface area contributed by atoms with Gasteiger partial charge in [0.1, 0.15) is 5.78 Å². The van der Waals surface area contributed by atoms with E-state index in [-0.39, 0.29) is 5.41 Å². The van der Waals surface area contributed by atoms with E-state index in [1.54, 1.807) is 0 Å².